The number of ether oxygens (including phenoxy) is 1. The van der Waals surface area contributed by atoms with Gasteiger partial charge in [-0.15, -0.1) is 0 Å². The maximum Gasteiger partial charge on any atom is 0.411 e. The van der Waals surface area contributed by atoms with Crippen LogP contribution in [0.1, 0.15) is 33.1 Å². The molecule has 0 aromatic carbocycles. The van der Waals surface area contributed by atoms with Crippen molar-refractivity contribution in [3.8, 4) is 0 Å². The molecule has 1 atom stereocenters. The van der Waals surface area contributed by atoms with E-state index in [0.717, 1.165) is 12.8 Å². The predicted molar refractivity (Wildman–Crippen MR) is 56.7 cm³/mol. The quantitative estimate of drug-likeness (QED) is 0.390. The summed E-state index contributed by atoms with van der Waals surface area (Å²) < 4.78 is 39.9. The monoisotopic (exact) mass is 242 g/mol. The summed E-state index contributed by atoms with van der Waals surface area (Å²) >= 11 is 0. The van der Waals surface area contributed by atoms with Crippen molar-refractivity contribution < 1.29 is 17.9 Å². The summed E-state index contributed by atoms with van der Waals surface area (Å²) in [6.07, 6.45) is -1.85. The van der Waals surface area contributed by atoms with Gasteiger partial charge in [0.25, 0.3) is 0 Å². The fourth-order valence-corrected chi connectivity index (χ4v) is 1.71. The molecule has 0 spiro atoms. The highest BCUT2D eigenvalue weighted by molar-refractivity contribution is 4.72. The van der Waals surface area contributed by atoms with Gasteiger partial charge in [0, 0.05) is 12.6 Å². The van der Waals surface area contributed by atoms with Crippen LogP contribution in [0.2, 0.25) is 0 Å². The number of nitrogens with two attached hydrogens (primary N) is 1. The molecule has 0 aromatic rings. The number of nitrogens with one attached hydrogen (secondary N) is 1. The predicted octanol–water partition coefficient (Wildman–Crippen LogP) is 2.22. The van der Waals surface area contributed by atoms with Crippen LogP contribution in [-0.4, -0.2) is 25.4 Å². The molecule has 0 saturated heterocycles. The zero-order valence-corrected chi connectivity index (χ0v) is 9.81. The van der Waals surface area contributed by atoms with Gasteiger partial charge in [-0.25, -0.2) is 0 Å². The van der Waals surface area contributed by atoms with E-state index in [2.05, 4.69) is 10.2 Å². The maximum absolute atomic E-state index is 11.8. The average Bonchev–Trinajstić information content (AvgIpc) is 2.21. The van der Waals surface area contributed by atoms with Crippen molar-refractivity contribution in [2.24, 2.45) is 11.8 Å². The molecule has 3 nitrogen and oxygen atoms in total. The van der Waals surface area contributed by atoms with Crippen molar-refractivity contribution in [3.05, 3.63) is 0 Å². The molecule has 1 unspecified atom stereocenters. The van der Waals surface area contributed by atoms with Crippen LogP contribution in [-0.2, 0) is 4.74 Å². The topological polar surface area (TPSA) is 47.3 Å². The smallest absolute Gasteiger partial charge is 0.372 e. The van der Waals surface area contributed by atoms with Gasteiger partial charge < -0.3 is 4.74 Å². The van der Waals surface area contributed by atoms with Gasteiger partial charge >= 0.3 is 6.18 Å². The Morgan fingerprint density at radius 3 is 2.19 bits per heavy atom. The third kappa shape index (κ3) is 7.03. The van der Waals surface area contributed by atoms with Crippen LogP contribution in [0.5, 0.6) is 0 Å². The Balaban J connectivity index is 3.79. The Bertz CT molecular complexity index is 172. The summed E-state index contributed by atoms with van der Waals surface area (Å²) in [6, 6.07) is 0.0169. The van der Waals surface area contributed by atoms with Crippen LogP contribution in [0.15, 0.2) is 0 Å². The molecule has 0 rings (SSSR count). The molecule has 6 heteroatoms. The van der Waals surface area contributed by atoms with Crippen LogP contribution in [0.3, 0.4) is 0 Å². The highest BCUT2D eigenvalue weighted by Crippen LogP contribution is 2.17. The second-order valence-corrected chi connectivity index (χ2v) is 3.81. The average molecular weight is 242 g/mol. The van der Waals surface area contributed by atoms with Gasteiger partial charge in [0.2, 0.25) is 0 Å². The number of rotatable bonds is 8. The van der Waals surface area contributed by atoms with E-state index in [1.54, 1.807) is 0 Å². The van der Waals surface area contributed by atoms with E-state index in [-0.39, 0.29) is 12.6 Å². The molecule has 0 bridgehead atoms. The Labute approximate surface area is 94.5 Å². The first-order valence-corrected chi connectivity index (χ1v) is 5.55. The standard InChI is InChI=1S/C10H21F3N2O/c1-3-8(4-2)9(15-14)5-6-16-7-10(11,12)13/h8-9,15H,3-7,14H2,1-2H3. The van der Waals surface area contributed by atoms with Gasteiger partial charge in [0.15, 0.2) is 0 Å². The van der Waals surface area contributed by atoms with Gasteiger partial charge in [0.1, 0.15) is 6.61 Å². The number of halogens is 3. The largest absolute Gasteiger partial charge is 0.411 e. The molecule has 0 amide bonds. The van der Waals surface area contributed by atoms with Gasteiger partial charge in [-0.3, -0.25) is 11.3 Å². The van der Waals surface area contributed by atoms with Crippen molar-refractivity contribution in [2.45, 2.75) is 45.3 Å². The van der Waals surface area contributed by atoms with E-state index in [1.165, 1.54) is 0 Å². The maximum atomic E-state index is 11.8. The highest BCUT2D eigenvalue weighted by Gasteiger charge is 2.27. The first kappa shape index (κ1) is 15.7. The zero-order chi connectivity index (χ0) is 12.6. The van der Waals surface area contributed by atoms with Gasteiger partial charge in [0.05, 0.1) is 0 Å². The summed E-state index contributed by atoms with van der Waals surface area (Å²) in [7, 11) is 0. The van der Waals surface area contributed by atoms with Gasteiger partial charge in [-0.05, 0) is 12.3 Å². The summed E-state index contributed by atoms with van der Waals surface area (Å²) in [5, 5.41) is 0. The highest BCUT2D eigenvalue weighted by atomic mass is 19.4. The van der Waals surface area contributed by atoms with Crippen LogP contribution in [0.4, 0.5) is 13.2 Å². The summed E-state index contributed by atoms with van der Waals surface area (Å²) in [5.74, 6) is 5.74. The van der Waals surface area contributed by atoms with E-state index < -0.39 is 12.8 Å². The molecular weight excluding hydrogens is 221 g/mol. The van der Waals surface area contributed by atoms with Crippen molar-refractivity contribution in [2.75, 3.05) is 13.2 Å². The molecule has 0 fully saturated rings. The summed E-state index contributed by atoms with van der Waals surface area (Å²) in [5.41, 5.74) is 2.64. The van der Waals surface area contributed by atoms with Crippen LogP contribution >= 0.6 is 0 Å². The van der Waals surface area contributed by atoms with E-state index >= 15 is 0 Å². The number of hydrazine groups is 1. The Morgan fingerprint density at radius 1 is 1.25 bits per heavy atom. The number of alkyl halides is 3. The SMILES string of the molecule is CCC(CC)C(CCOCC(F)(F)F)NN. The molecule has 0 radical (unpaired) electrons. The minimum absolute atomic E-state index is 0.0169. The molecule has 0 aromatic heterocycles. The lowest BCUT2D eigenvalue weighted by Gasteiger charge is -2.24. The first-order chi connectivity index (χ1) is 7.44. The third-order valence-electron chi connectivity index (χ3n) is 2.67. The van der Waals surface area contributed by atoms with Crippen LogP contribution < -0.4 is 11.3 Å². The van der Waals surface area contributed by atoms with E-state index in [9.17, 15) is 13.2 Å². The fraction of sp³-hybridized carbons (Fsp3) is 1.00. The Hall–Kier alpha value is -0.330. The van der Waals surface area contributed by atoms with Crippen LogP contribution in [0.25, 0.3) is 0 Å². The van der Waals surface area contributed by atoms with E-state index in [1.807, 2.05) is 13.8 Å². The fourth-order valence-electron chi connectivity index (χ4n) is 1.71. The van der Waals surface area contributed by atoms with Gasteiger partial charge in [-0.1, -0.05) is 26.7 Å². The first-order valence-electron chi connectivity index (χ1n) is 5.55. The molecule has 0 heterocycles. The molecule has 0 aliphatic carbocycles. The summed E-state index contributed by atoms with van der Waals surface area (Å²) in [6.45, 7) is 2.96. The second kappa shape index (κ2) is 7.86. The Kier molecular flexibility index (Phi) is 7.70. The van der Waals surface area contributed by atoms with Gasteiger partial charge in [-0.2, -0.15) is 13.2 Å². The minimum atomic E-state index is -4.25. The molecule has 3 N–H and O–H groups in total. The van der Waals surface area contributed by atoms with Crippen molar-refractivity contribution in [3.63, 3.8) is 0 Å². The van der Waals surface area contributed by atoms with Crippen molar-refractivity contribution in [1.29, 1.82) is 0 Å². The zero-order valence-electron chi connectivity index (χ0n) is 9.81. The second-order valence-electron chi connectivity index (χ2n) is 3.81. The summed E-state index contributed by atoms with van der Waals surface area (Å²) in [4.78, 5) is 0. The van der Waals surface area contributed by atoms with E-state index in [0.29, 0.717) is 12.3 Å². The minimum Gasteiger partial charge on any atom is -0.372 e. The van der Waals surface area contributed by atoms with Crippen molar-refractivity contribution >= 4 is 0 Å². The Morgan fingerprint density at radius 2 is 1.81 bits per heavy atom. The molecule has 16 heavy (non-hydrogen) atoms. The molecule has 98 valence electrons. The molecule has 0 saturated carbocycles. The number of hydrogen-bond donors (Lipinski definition) is 2. The lowest BCUT2D eigenvalue weighted by Crippen LogP contribution is -2.41. The van der Waals surface area contributed by atoms with Crippen LogP contribution in [0, 0.1) is 5.92 Å². The third-order valence-corrected chi connectivity index (χ3v) is 2.67. The lowest BCUT2D eigenvalue weighted by molar-refractivity contribution is -0.174. The van der Waals surface area contributed by atoms with E-state index in [4.69, 9.17) is 5.84 Å². The van der Waals surface area contributed by atoms with Crippen molar-refractivity contribution in [1.82, 2.24) is 5.43 Å². The number of hydrogen-bond acceptors (Lipinski definition) is 3. The lowest BCUT2D eigenvalue weighted by atomic mass is 9.93. The molecular formula is C10H21F3N2O. The molecule has 0 aliphatic rings. The normalized spacial score (nSPS) is 14.4. The molecule has 0 aliphatic heterocycles.